The smallest absolute Gasteiger partial charge is 0.335 e. The summed E-state index contributed by atoms with van der Waals surface area (Å²) >= 11 is 3.31. The van der Waals surface area contributed by atoms with Crippen molar-refractivity contribution in [3.63, 3.8) is 0 Å². The Morgan fingerprint density at radius 2 is 1.70 bits per heavy atom. The molecular weight excluding hydrogens is 414 g/mol. The van der Waals surface area contributed by atoms with Gasteiger partial charge in [0.15, 0.2) is 5.88 Å². The van der Waals surface area contributed by atoms with E-state index < -0.39 is 17.8 Å². The molecule has 27 heavy (non-hydrogen) atoms. The van der Waals surface area contributed by atoms with Crippen LogP contribution in [-0.4, -0.2) is 30.9 Å². The normalized spacial score (nSPS) is 19.1. The van der Waals surface area contributed by atoms with Crippen molar-refractivity contribution >= 4 is 51.4 Å². The van der Waals surface area contributed by atoms with Gasteiger partial charge in [0.1, 0.15) is 11.3 Å². The minimum atomic E-state index is -0.776. The van der Waals surface area contributed by atoms with E-state index in [1.807, 2.05) is 6.07 Å². The summed E-state index contributed by atoms with van der Waals surface area (Å²) in [7, 11) is 0. The summed E-state index contributed by atoms with van der Waals surface area (Å²) in [4.78, 5) is 40.2. The predicted octanol–water partition coefficient (Wildman–Crippen LogP) is 3.31. The van der Waals surface area contributed by atoms with Gasteiger partial charge in [-0.25, -0.2) is 9.69 Å². The molecule has 0 radical (unpaired) electrons. The lowest BCUT2D eigenvalue weighted by atomic mass is 10.1. The molecule has 2 fully saturated rings. The van der Waals surface area contributed by atoms with Gasteiger partial charge in [0.2, 0.25) is 0 Å². The number of anilines is 2. The first-order chi connectivity index (χ1) is 13.0. The number of furan rings is 1. The average molecular weight is 430 g/mol. The first-order valence-electron chi connectivity index (χ1n) is 8.55. The fraction of sp³-hybridized carbons (Fsp3) is 0.211. The van der Waals surface area contributed by atoms with Crippen LogP contribution in [0.1, 0.15) is 18.6 Å². The molecule has 0 aliphatic carbocycles. The highest BCUT2D eigenvalue weighted by Crippen LogP contribution is 2.26. The van der Waals surface area contributed by atoms with Crippen molar-refractivity contribution in [1.82, 2.24) is 5.32 Å². The zero-order chi connectivity index (χ0) is 19.0. The minimum Gasteiger partial charge on any atom is -0.441 e. The molecule has 2 aromatic rings. The average Bonchev–Trinajstić information content (AvgIpc) is 3.31. The second kappa shape index (κ2) is 7.03. The maximum Gasteiger partial charge on any atom is 0.335 e. The van der Waals surface area contributed by atoms with Crippen LogP contribution in [0.25, 0.3) is 6.08 Å². The highest BCUT2D eigenvalue weighted by Gasteiger charge is 2.37. The number of nitrogens with one attached hydrogen (secondary N) is 1. The van der Waals surface area contributed by atoms with Gasteiger partial charge in [-0.15, -0.1) is 0 Å². The van der Waals surface area contributed by atoms with Crippen molar-refractivity contribution in [3.8, 4) is 0 Å². The maximum absolute atomic E-state index is 12.8. The van der Waals surface area contributed by atoms with E-state index in [0.717, 1.165) is 35.3 Å². The lowest BCUT2D eigenvalue weighted by Gasteiger charge is -2.26. The van der Waals surface area contributed by atoms with E-state index in [9.17, 15) is 14.4 Å². The number of carbonyl (C=O) groups is 3. The first-order valence-corrected chi connectivity index (χ1v) is 9.34. The van der Waals surface area contributed by atoms with Crippen molar-refractivity contribution < 1.29 is 18.8 Å². The maximum atomic E-state index is 12.8. The monoisotopic (exact) mass is 429 g/mol. The Kier molecular flexibility index (Phi) is 4.57. The van der Waals surface area contributed by atoms with Gasteiger partial charge in [0, 0.05) is 23.6 Å². The molecule has 3 heterocycles. The van der Waals surface area contributed by atoms with Crippen molar-refractivity contribution in [2.75, 3.05) is 22.9 Å². The van der Waals surface area contributed by atoms with E-state index in [2.05, 4.69) is 26.1 Å². The second-order valence-electron chi connectivity index (χ2n) is 6.30. The highest BCUT2D eigenvalue weighted by atomic mass is 79.9. The van der Waals surface area contributed by atoms with Crippen molar-refractivity contribution in [2.45, 2.75) is 12.8 Å². The number of hydrogen-bond donors (Lipinski definition) is 1. The number of barbiturate groups is 1. The highest BCUT2D eigenvalue weighted by molar-refractivity contribution is 9.10. The van der Waals surface area contributed by atoms with Crippen molar-refractivity contribution in [3.05, 3.63) is 52.2 Å². The molecule has 1 aromatic heterocycles. The predicted molar refractivity (Wildman–Crippen MR) is 103 cm³/mol. The van der Waals surface area contributed by atoms with Crippen LogP contribution in [0.5, 0.6) is 0 Å². The topological polar surface area (TPSA) is 82.9 Å². The number of rotatable bonds is 3. The van der Waals surface area contributed by atoms with Gasteiger partial charge in [-0.2, -0.15) is 0 Å². The van der Waals surface area contributed by atoms with Crippen LogP contribution in [0.3, 0.4) is 0 Å². The molecule has 4 amide bonds. The van der Waals surface area contributed by atoms with Gasteiger partial charge in [0.25, 0.3) is 11.8 Å². The molecule has 0 spiro atoms. The molecule has 1 aromatic carbocycles. The van der Waals surface area contributed by atoms with Gasteiger partial charge in [-0.3, -0.25) is 14.9 Å². The van der Waals surface area contributed by atoms with Crippen molar-refractivity contribution in [2.24, 2.45) is 0 Å². The largest absolute Gasteiger partial charge is 0.441 e. The van der Waals surface area contributed by atoms with E-state index in [4.69, 9.17) is 4.42 Å². The Hall–Kier alpha value is -2.87. The van der Waals surface area contributed by atoms with E-state index in [1.54, 1.807) is 30.3 Å². The Morgan fingerprint density at radius 3 is 2.41 bits per heavy atom. The van der Waals surface area contributed by atoms with Crippen LogP contribution in [0.2, 0.25) is 0 Å². The zero-order valence-electron chi connectivity index (χ0n) is 14.3. The molecule has 7 nitrogen and oxygen atoms in total. The number of nitrogens with zero attached hydrogens (tertiary/aromatic N) is 2. The zero-order valence-corrected chi connectivity index (χ0v) is 15.9. The van der Waals surface area contributed by atoms with Gasteiger partial charge in [-0.05, 0) is 49.2 Å². The fourth-order valence-electron chi connectivity index (χ4n) is 3.15. The number of carbonyl (C=O) groups excluding carboxylic acids is 3. The molecule has 2 aliphatic rings. The molecule has 1 N–H and O–H groups in total. The third-order valence-corrected chi connectivity index (χ3v) is 5.03. The number of urea groups is 1. The lowest BCUT2D eigenvalue weighted by molar-refractivity contribution is -0.122. The van der Waals surface area contributed by atoms with E-state index in [-0.39, 0.29) is 5.57 Å². The Bertz CT molecular complexity index is 942. The molecule has 138 valence electrons. The van der Waals surface area contributed by atoms with Crippen LogP contribution >= 0.6 is 15.9 Å². The number of hydrogen-bond acceptors (Lipinski definition) is 5. The molecule has 0 saturated carbocycles. The number of imide groups is 2. The molecule has 4 rings (SSSR count). The van der Waals surface area contributed by atoms with E-state index >= 15 is 0 Å². The Labute approximate surface area is 163 Å². The molecule has 2 aliphatic heterocycles. The number of halogens is 1. The summed E-state index contributed by atoms with van der Waals surface area (Å²) in [5, 5.41) is 2.20. The van der Waals surface area contributed by atoms with Crippen LogP contribution in [0, 0.1) is 0 Å². The molecule has 2 saturated heterocycles. The molecule has 0 atom stereocenters. The molecule has 0 unspecified atom stereocenters. The van der Waals surface area contributed by atoms with Gasteiger partial charge in [-0.1, -0.05) is 15.9 Å². The van der Waals surface area contributed by atoms with Crippen LogP contribution in [0.15, 0.2) is 50.9 Å². The SMILES string of the molecule is O=C1NC(=O)N(c2ccc(Br)cc2)C(=O)C1=Cc1ccc(N2CCCC2)o1. The van der Waals surface area contributed by atoms with Gasteiger partial charge in [0.05, 0.1) is 5.69 Å². The van der Waals surface area contributed by atoms with Gasteiger partial charge >= 0.3 is 6.03 Å². The minimum absolute atomic E-state index is 0.153. The fourth-order valence-corrected chi connectivity index (χ4v) is 3.42. The van der Waals surface area contributed by atoms with E-state index in [0.29, 0.717) is 17.3 Å². The second-order valence-corrected chi connectivity index (χ2v) is 7.22. The summed E-state index contributed by atoms with van der Waals surface area (Å²) < 4.78 is 6.57. The molecule has 0 bridgehead atoms. The standard InChI is InChI=1S/C19H16BrN3O4/c20-12-3-5-13(6-4-12)23-18(25)15(17(24)21-19(23)26)11-14-7-8-16(27-14)22-9-1-2-10-22/h3-8,11H,1-2,9-10H2,(H,21,24,26). The van der Waals surface area contributed by atoms with E-state index in [1.165, 1.54) is 6.08 Å². The first kappa shape index (κ1) is 17.5. The van der Waals surface area contributed by atoms with Crippen molar-refractivity contribution in [1.29, 1.82) is 0 Å². The van der Waals surface area contributed by atoms with Crippen LogP contribution in [0.4, 0.5) is 16.4 Å². The summed E-state index contributed by atoms with van der Waals surface area (Å²) in [6, 6.07) is 9.42. The Balaban J connectivity index is 1.64. The number of amides is 4. The third kappa shape index (κ3) is 3.40. The summed E-state index contributed by atoms with van der Waals surface area (Å²) in [5.41, 5.74) is 0.219. The third-order valence-electron chi connectivity index (χ3n) is 4.50. The Morgan fingerprint density at radius 1 is 1.00 bits per heavy atom. The van der Waals surface area contributed by atoms with Gasteiger partial charge < -0.3 is 9.32 Å². The lowest BCUT2D eigenvalue weighted by Crippen LogP contribution is -2.54. The van der Waals surface area contributed by atoms with Crippen LogP contribution in [-0.2, 0) is 9.59 Å². The summed E-state index contributed by atoms with van der Waals surface area (Å²) in [5.74, 6) is -0.327. The number of benzene rings is 1. The summed E-state index contributed by atoms with van der Waals surface area (Å²) in [6.45, 7) is 1.85. The molecule has 8 heteroatoms. The quantitative estimate of drug-likeness (QED) is 0.597. The van der Waals surface area contributed by atoms with Crippen LogP contribution < -0.4 is 15.1 Å². The summed E-state index contributed by atoms with van der Waals surface area (Å²) in [6.07, 6.45) is 3.60. The molecular formula is C19H16BrN3O4.